The van der Waals surface area contributed by atoms with E-state index < -0.39 is 0 Å². The highest BCUT2D eigenvalue weighted by Crippen LogP contribution is 2.32. The van der Waals surface area contributed by atoms with E-state index in [1.165, 1.54) is 0 Å². The Morgan fingerprint density at radius 1 is 1.12 bits per heavy atom. The quantitative estimate of drug-likeness (QED) is 0.721. The highest BCUT2D eigenvalue weighted by atomic mass is 32.1. The lowest BCUT2D eigenvalue weighted by atomic mass is 10.2. The molecule has 5 nitrogen and oxygen atoms in total. The van der Waals surface area contributed by atoms with Crippen LogP contribution in [0.5, 0.6) is 11.5 Å². The Kier molecular flexibility index (Phi) is 4.84. The number of hydrogen-bond donors (Lipinski definition) is 1. The van der Waals surface area contributed by atoms with Gasteiger partial charge in [0.2, 0.25) is 12.7 Å². The van der Waals surface area contributed by atoms with Gasteiger partial charge in [-0.1, -0.05) is 36.4 Å². The summed E-state index contributed by atoms with van der Waals surface area (Å²) in [5, 5.41) is 5.95. The van der Waals surface area contributed by atoms with Gasteiger partial charge in [0.25, 0.3) is 0 Å². The lowest BCUT2D eigenvalue weighted by molar-refractivity contribution is -0.121. The average Bonchev–Trinajstić information content (AvgIpc) is 3.34. The number of aryl methyl sites for hydroxylation is 1. The SMILES string of the molecule is O=C(CCc1nc(-c2ccccc2)cs1)NCc1ccc2c(c1)OCO2. The van der Waals surface area contributed by atoms with Gasteiger partial charge in [0.15, 0.2) is 11.5 Å². The first-order chi connectivity index (χ1) is 12.8. The van der Waals surface area contributed by atoms with Crippen LogP contribution >= 0.6 is 11.3 Å². The maximum atomic E-state index is 12.1. The molecule has 2 heterocycles. The van der Waals surface area contributed by atoms with Crippen LogP contribution in [0.15, 0.2) is 53.9 Å². The van der Waals surface area contributed by atoms with E-state index >= 15 is 0 Å². The first-order valence-corrected chi connectivity index (χ1v) is 9.31. The maximum Gasteiger partial charge on any atom is 0.231 e. The van der Waals surface area contributed by atoms with Crippen molar-refractivity contribution >= 4 is 17.2 Å². The van der Waals surface area contributed by atoms with Gasteiger partial charge < -0.3 is 14.8 Å². The number of ether oxygens (including phenoxy) is 2. The summed E-state index contributed by atoms with van der Waals surface area (Å²) in [6.07, 6.45) is 1.07. The fraction of sp³-hybridized carbons (Fsp3) is 0.200. The molecule has 2 aromatic carbocycles. The van der Waals surface area contributed by atoms with Crippen LogP contribution in [0, 0.1) is 0 Å². The van der Waals surface area contributed by atoms with E-state index in [-0.39, 0.29) is 12.7 Å². The largest absolute Gasteiger partial charge is 0.454 e. The second-order valence-corrected chi connectivity index (χ2v) is 6.90. The number of amides is 1. The molecule has 1 aromatic heterocycles. The van der Waals surface area contributed by atoms with Gasteiger partial charge in [0.1, 0.15) is 0 Å². The minimum absolute atomic E-state index is 0.0131. The van der Waals surface area contributed by atoms with Crippen LogP contribution in [0.3, 0.4) is 0 Å². The minimum atomic E-state index is 0.0131. The van der Waals surface area contributed by atoms with Crippen molar-refractivity contribution in [2.75, 3.05) is 6.79 Å². The van der Waals surface area contributed by atoms with E-state index in [0.717, 1.165) is 33.3 Å². The molecule has 132 valence electrons. The molecule has 0 aliphatic carbocycles. The second-order valence-electron chi connectivity index (χ2n) is 5.96. The van der Waals surface area contributed by atoms with Crippen LogP contribution in [0.25, 0.3) is 11.3 Å². The molecule has 26 heavy (non-hydrogen) atoms. The van der Waals surface area contributed by atoms with Gasteiger partial charge in [-0.3, -0.25) is 4.79 Å². The number of fused-ring (bicyclic) bond motifs is 1. The van der Waals surface area contributed by atoms with Crippen molar-refractivity contribution in [1.82, 2.24) is 10.3 Å². The van der Waals surface area contributed by atoms with E-state index in [4.69, 9.17) is 9.47 Å². The van der Waals surface area contributed by atoms with Crippen LogP contribution < -0.4 is 14.8 Å². The van der Waals surface area contributed by atoms with Crippen molar-refractivity contribution in [3.05, 3.63) is 64.5 Å². The van der Waals surface area contributed by atoms with Crippen molar-refractivity contribution in [3.63, 3.8) is 0 Å². The van der Waals surface area contributed by atoms with E-state index in [9.17, 15) is 4.79 Å². The lowest BCUT2D eigenvalue weighted by Crippen LogP contribution is -2.22. The Morgan fingerprint density at radius 2 is 1.96 bits per heavy atom. The Bertz CT molecular complexity index is 908. The number of benzene rings is 2. The van der Waals surface area contributed by atoms with E-state index in [1.807, 2.05) is 53.9 Å². The predicted molar refractivity (Wildman–Crippen MR) is 100 cm³/mol. The minimum Gasteiger partial charge on any atom is -0.454 e. The van der Waals surface area contributed by atoms with Crippen LogP contribution in [0.4, 0.5) is 0 Å². The van der Waals surface area contributed by atoms with Crippen LogP contribution in [0.1, 0.15) is 17.0 Å². The normalized spacial score (nSPS) is 12.2. The molecule has 0 saturated heterocycles. The lowest BCUT2D eigenvalue weighted by Gasteiger charge is -2.05. The molecule has 0 radical (unpaired) electrons. The molecule has 1 aliphatic rings. The molecule has 0 saturated carbocycles. The first-order valence-electron chi connectivity index (χ1n) is 8.43. The molecule has 0 unspecified atom stereocenters. The molecule has 0 bridgehead atoms. The summed E-state index contributed by atoms with van der Waals surface area (Å²) in [5.74, 6) is 1.49. The summed E-state index contributed by atoms with van der Waals surface area (Å²) in [4.78, 5) is 16.7. The molecule has 1 N–H and O–H groups in total. The third-order valence-electron chi connectivity index (χ3n) is 4.11. The standard InChI is InChI=1S/C20H18N2O3S/c23-19(21-11-14-6-7-17-18(10-14)25-13-24-17)8-9-20-22-16(12-26-20)15-4-2-1-3-5-15/h1-7,10,12H,8-9,11,13H2,(H,21,23). The maximum absolute atomic E-state index is 12.1. The summed E-state index contributed by atoms with van der Waals surface area (Å²) in [7, 11) is 0. The van der Waals surface area contributed by atoms with E-state index in [0.29, 0.717) is 19.4 Å². The zero-order valence-corrected chi connectivity index (χ0v) is 14.9. The summed E-state index contributed by atoms with van der Waals surface area (Å²) >= 11 is 1.59. The van der Waals surface area contributed by atoms with Crippen molar-refractivity contribution in [2.24, 2.45) is 0 Å². The van der Waals surface area contributed by atoms with Crippen molar-refractivity contribution in [2.45, 2.75) is 19.4 Å². The Labute approximate surface area is 155 Å². The summed E-state index contributed by atoms with van der Waals surface area (Å²) < 4.78 is 10.6. The fourth-order valence-electron chi connectivity index (χ4n) is 2.73. The molecule has 4 rings (SSSR count). The molecule has 0 fully saturated rings. The highest BCUT2D eigenvalue weighted by Gasteiger charge is 2.13. The third kappa shape index (κ3) is 3.86. The highest BCUT2D eigenvalue weighted by molar-refractivity contribution is 7.09. The number of nitrogens with one attached hydrogen (secondary N) is 1. The number of carbonyl (C=O) groups excluding carboxylic acids is 1. The molecule has 0 atom stereocenters. The average molecular weight is 366 g/mol. The number of aromatic nitrogens is 1. The number of hydrogen-bond acceptors (Lipinski definition) is 5. The third-order valence-corrected chi connectivity index (χ3v) is 5.02. The van der Waals surface area contributed by atoms with Crippen molar-refractivity contribution < 1.29 is 14.3 Å². The molecule has 0 spiro atoms. The van der Waals surface area contributed by atoms with Crippen molar-refractivity contribution in [1.29, 1.82) is 0 Å². The summed E-state index contributed by atoms with van der Waals surface area (Å²) in [6, 6.07) is 15.8. The van der Waals surface area contributed by atoms with Gasteiger partial charge in [-0.05, 0) is 17.7 Å². The zero-order chi connectivity index (χ0) is 17.8. The Morgan fingerprint density at radius 3 is 2.85 bits per heavy atom. The van der Waals surface area contributed by atoms with Gasteiger partial charge in [-0.2, -0.15) is 0 Å². The number of rotatable bonds is 6. The number of carbonyl (C=O) groups is 1. The van der Waals surface area contributed by atoms with Gasteiger partial charge >= 0.3 is 0 Å². The first kappa shape index (κ1) is 16.6. The molecule has 1 amide bonds. The summed E-state index contributed by atoms with van der Waals surface area (Å²) in [5.41, 5.74) is 3.05. The summed E-state index contributed by atoms with van der Waals surface area (Å²) in [6.45, 7) is 0.729. The van der Waals surface area contributed by atoms with E-state index in [2.05, 4.69) is 10.3 Å². The van der Waals surface area contributed by atoms with Gasteiger partial charge in [-0.25, -0.2) is 4.98 Å². The molecular weight excluding hydrogens is 348 g/mol. The number of nitrogens with zero attached hydrogens (tertiary/aromatic N) is 1. The van der Waals surface area contributed by atoms with Crippen LogP contribution in [-0.4, -0.2) is 17.7 Å². The smallest absolute Gasteiger partial charge is 0.231 e. The molecule has 3 aromatic rings. The van der Waals surface area contributed by atoms with Crippen molar-refractivity contribution in [3.8, 4) is 22.8 Å². The second kappa shape index (κ2) is 7.58. The molecular formula is C20H18N2O3S. The Balaban J connectivity index is 1.27. The van der Waals surface area contributed by atoms with Crippen LogP contribution in [-0.2, 0) is 17.8 Å². The Hall–Kier alpha value is -2.86. The monoisotopic (exact) mass is 366 g/mol. The molecule has 1 aliphatic heterocycles. The van der Waals surface area contributed by atoms with Gasteiger partial charge in [-0.15, -0.1) is 11.3 Å². The van der Waals surface area contributed by atoms with E-state index in [1.54, 1.807) is 11.3 Å². The fourth-order valence-corrected chi connectivity index (χ4v) is 3.54. The van der Waals surface area contributed by atoms with Gasteiger partial charge in [0.05, 0.1) is 10.7 Å². The zero-order valence-electron chi connectivity index (χ0n) is 14.1. The van der Waals surface area contributed by atoms with Gasteiger partial charge in [0, 0.05) is 30.3 Å². The number of thiazole rings is 1. The van der Waals surface area contributed by atoms with Crippen LogP contribution in [0.2, 0.25) is 0 Å². The topological polar surface area (TPSA) is 60.5 Å². The molecule has 6 heteroatoms. The predicted octanol–water partition coefficient (Wildman–Crippen LogP) is 3.79.